The van der Waals surface area contributed by atoms with Crippen molar-refractivity contribution in [3.63, 3.8) is 0 Å². The number of rotatable bonds is 6. The molecule has 2 aromatic heterocycles. The third-order valence-electron chi connectivity index (χ3n) is 3.23. The summed E-state index contributed by atoms with van der Waals surface area (Å²) in [6.45, 7) is 1.43. The summed E-state index contributed by atoms with van der Waals surface area (Å²) in [4.78, 5) is 23.1. The molecule has 1 aromatic carbocycles. The predicted octanol–water partition coefficient (Wildman–Crippen LogP) is 1.94. The lowest BCUT2D eigenvalue weighted by atomic mass is 10.3. The summed E-state index contributed by atoms with van der Waals surface area (Å²) in [6, 6.07) is 10.3. The Morgan fingerprint density at radius 1 is 1.15 bits per heavy atom. The second-order valence-corrected chi connectivity index (χ2v) is 6.19. The maximum atomic E-state index is 12.1. The molecular formula is C16H16N6O3S. The van der Waals surface area contributed by atoms with Crippen LogP contribution in [-0.2, 0) is 9.59 Å². The Bertz CT molecular complexity index is 905. The molecule has 134 valence electrons. The molecule has 4 N–H and O–H groups in total. The highest BCUT2D eigenvalue weighted by atomic mass is 32.2. The summed E-state index contributed by atoms with van der Waals surface area (Å²) in [7, 11) is 0. The lowest BCUT2D eigenvalue weighted by Crippen LogP contribution is -2.16. The highest BCUT2D eigenvalue weighted by Crippen LogP contribution is 2.22. The minimum absolute atomic E-state index is 0.112. The maximum absolute atomic E-state index is 12.1. The first-order valence-electron chi connectivity index (χ1n) is 7.57. The fraction of sp³-hybridized carbons (Fsp3) is 0.125. The summed E-state index contributed by atoms with van der Waals surface area (Å²) in [6.07, 6.45) is 1.52. The molecule has 0 aliphatic carbocycles. The van der Waals surface area contributed by atoms with Gasteiger partial charge < -0.3 is 20.9 Å². The molecule has 26 heavy (non-hydrogen) atoms. The largest absolute Gasteiger partial charge is 0.461 e. The van der Waals surface area contributed by atoms with Crippen LogP contribution in [0.15, 0.2) is 52.2 Å². The first-order chi connectivity index (χ1) is 12.5. The number of anilines is 2. The van der Waals surface area contributed by atoms with E-state index in [0.29, 0.717) is 28.1 Å². The van der Waals surface area contributed by atoms with E-state index in [1.165, 1.54) is 17.9 Å². The molecule has 0 bridgehead atoms. The molecule has 0 atom stereocenters. The van der Waals surface area contributed by atoms with Crippen molar-refractivity contribution in [2.45, 2.75) is 12.1 Å². The second kappa shape index (κ2) is 7.74. The zero-order chi connectivity index (χ0) is 18.5. The van der Waals surface area contributed by atoms with Gasteiger partial charge in [0.05, 0.1) is 12.0 Å². The van der Waals surface area contributed by atoms with Gasteiger partial charge in [0.2, 0.25) is 22.8 Å². The van der Waals surface area contributed by atoms with Crippen molar-refractivity contribution in [1.29, 1.82) is 0 Å². The first-order valence-corrected chi connectivity index (χ1v) is 8.56. The van der Waals surface area contributed by atoms with E-state index >= 15 is 0 Å². The van der Waals surface area contributed by atoms with E-state index in [4.69, 9.17) is 10.3 Å². The number of benzene rings is 1. The Kier molecular flexibility index (Phi) is 5.23. The van der Waals surface area contributed by atoms with Crippen LogP contribution < -0.4 is 16.5 Å². The highest BCUT2D eigenvalue weighted by molar-refractivity contribution is 7.99. The van der Waals surface area contributed by atoms with Crippen molar-refractivity contribution >= 4 is 35.0 Å². The van der Waals surface area contributed by atoms with Gasteiger partial charge in [-0.05, 0) is 36.4 Å². The zero-order valence-electron chi connectivity index (χ0n) is 13.8. The normalized spacial score (nSPS) is 10.5. The molecule has 2 amide bonds. The molecular weight excluding hydrogens is 356 g/mol. The lowest BCUT2D eigenvalue weighted by Gasteiger charge is -2.07. The predicted molar refractivity (Wildman–Crippen MR) is 98.0 cm³/mol. The summed E-state index contributed by atoms with van der Waals surface area (Å²) < 4.78 is 6.51. The highest BCUT2D eigenvalue weighted by Gasteiger charge is 2.15. The summed E-state index contributed by atoms with van der Waals surface area (Å²) in [5.41, 5.74) is 1.28. The summed E-state index contributed by atoms with van der Waals surface area (Å²) >= 11 is 1.16. The van der Waals surface area contributed by atoms with Gasteiger partial charge in [0, 0.05) is 18.3 Å². The van der Waals surface area contributed by atoms with Gasteiger partial charge in [0.25, 0.3) is 0 Å². The number of aromatic nitrogens is 3. The van der Waals surface area contributed by atoms with Gasteiger partial charge in [0.1, 0.15) is 0 Å². The molecule has 0 unspecified atom stereocenters. The van der Waals surface area contributed by atoms with E-state index < -0.39 is 0 Å². The van der Waals surface area contributed by atoms with Crippen LogP contribution >= 0.6 is 11.8 Å². The molecule has 0 fully saturated rings. The number of nitrogens with one attached hydrogen (secondary N) is 2. The van der Waals surface area contributed by atoms with Crippen molar-refractivity contribution in [2.24, 2.45) is 0 Å². The van der Waals surface area contributed by atoms with Crippen molar-refractivity contribution in [3.8, 4) is 11.6 Å². The molecule has 10 heteroatoms. The zero-order valence-corrected chi connectivity index (χ0v) is 14.6. The summed E-state index contributed by atoms with van der Waals surface area (Å²) in [5.74, 6) is 6.55. The van der Waals surface area contributed by atoms with E-state index in [0.717, 1.165) is 11.8 Å². The smallest absolute Gasteiger partial charge is 0.234 e. The number of furan rings is 1. The van der Waals surface area contributed by atoms with Crippen molar-refractivity contribution in [1.82, 2.24) is 14.9 Å². The monoisotopic (exact) mass is 372 g/mol. The van der Waals surface area contributed by atoms with Crippen LogP contribution in [0.2, 0.25) is 0 Å². The number of hydrogen-bond donors (Lipinski definition) is 3. The van der Waals surface area contributed by atoms with E-state index in [-0.39, 0.29) is 17.6 Å². The van der Waals surface area contributed by atoms with Gasteiger partial charge in [-0.25, -0.2) is 4.68 Å². The van der Waals surface area contributed by atoms with Crippen LogP contribution in [0.4, 0.5) is 11.4 Å². The number of amides is 2. The number of nitrogens with two attached hydrogens (primary N) is 1. The van der Waals surface area contributed by atoms with Crippen molar-refractivity contribution < 1.29 is 14.0 Å². The molecule has 0 saturated carbocycles. The van der Waals surface area contributed by atoms with Crippen molar-refractivity contribution in [2.75, 3.05) is 22.2 Å². The van der Waals surface area contributed by atoms with Crippen molar-refractivity contribution in [3.05, 3.63) is 42.7 Å². The van der Waals surface area contributed by atoms with Crippen LogP contribution in [0.5, 0.6) is 0 Å². The van der Waals surface area contributed by atoms with Crippen LogP contribution in [0, 0.1) is 0 Å². The molecule has 0 aliphatic rings. The number of carbonyl (C=O) groups excluding carboxylic acids is 2. The van der Waals surface area contributed by atoms with E-state index in [9.17, 15) is 9.59 Å². The third kappa shape index (κ3) is 4.22. The molecule has 3 rings (SSSR count). The fourth-order valence-corrected chi connectivity index (χ4v) is 2.77. The Labute approximate surface area is 152 Å². The Morgan fingerprint density at radius 2 is 1.85 bits per heavy atom. The molecule has 0 aliphatic heterocycles. The van der Waals surface area contributed by atoms with Gasteiger partial charge in [-0.2, -0.15) is 0 Å². The van der Waals surface area contributed by atoms with Crippen LogP contribution in [0.1, 0.15) is 6.92 Å². The SMILES string of the molecule is CC(=O)Nc1ccc(NC(=O)CSc2nnc(-c3ccco3)n2N)cc1. The Morgan fingerprint density at radius 3 is 2.46 bits per heavy atom. The number of thioether (sulfide) groups is 1. The Hall–Kier alpha value is -3.27. The first kappa shape index (κ1) is 17.5. The van der Waals surface area contributed by atoms with Gasteiger partial charge in [0.15, 0.2) is 5.76 Å². The number of nitrogens with zero attached hydrogens (tertiary/aromatic N) is 3. The van der Waals surface area contributed by atoms with Gasteiger partial charge in [-0.3, -0.25) is 9.59 Å². The molecule has 0 saturated heterocycles. The Balaban J connectivity index is 1.55. The lowest BCUT2D eigenvalue weighted by molar-refractivity contribution is -0.114. The molecule has 2 heterocycles. The quantitative estimate of drug-likeness (QED) is 0.445. The van der Waals surface area contributed by atoms with E-state index in [1.807, 2.05) is 0 Å². The van der Waals surface area contributed by atoms with E-state index in [2.05, 4.69) is 20.8 Å². The van der Waals surface area contributed by atoms with Crippen LogP contribution in [-0.4, -0.2) is 32.4 Å². The third-order valence-corrected chi connectivity index (χ3v) is 4.17. The van der Waals surface area contributed by atoms with Gasteiger partial charge >= 0.3 is 0 Å². The van der Waals surface area contributed by atoms with Gasteiger partial charge in [-0.1, -0.05) is 11.8 Å². The van der Waals surface area contributed by atoms with Gasteiger partial charge in [-0.15, -0.1) is 10.2 Å². The standard InChI is InChI=1S/C16H16N6O3S/c1-10(23)18-11-4-6-12(7-5-11)19-14(24)9-26-16-21-20-15(22(16)17)13-3-2-8-25-13/h2-8H,9,17H2,1H3,(H,18,23)(H,19,24). The topological polar surface area (TPSA) is 128 Å². The number of carbonyl (C=O) groups is 2. The number of nitrogen functional groups attached to an aromatic ring is 1. The average Bonchev–Trinajstić information content (AvgIpc) is 3.24. The number of hydrogen-bond acceptors (Lipinski definition) is 7. The maximum Gasteiger partial charge on any atom is 0.234 e. The van der Waals surface area contributed by atoms with Crippen LogP contribution in [0.3, 0.4) is 0 Å². The minimum atomic E-state index is -0.218. The average molecular weight is 372 g/mol. The summed E-state index contributed by atoms with van der Waals surface area (Å²) in [5, 5.41) is 13.7. The molecule has 9 nitrogen and oxygen atoms in total. The molecule has 3 aromatic rings. The molecule has 0 spiro atoms. The van der Waals surface area contributed by atoms with E-state index in [1.54, 1.807) is 36.4 Å². The minimum Gasteiger partial charge on any atom is -0.461 e. The van der Waals surface area contributed by atoms with Crippen LogP contribution in [0.25, 0.3) is 11.6 Å². The fourth-order valence-electron chi connectivity index (χ4n) is 2.12. The second-order valence-electron chi connectivity index (χ2n) is 5.25. The molecule has 0 radical (unpaired) electrons.